The number of hydrogen-bond donors (Lipinski definition) is 0. The maximum atomic E-state index is 12.7. The number of aromatic nitrogens is 2. The average molecular weight is 378 g/mol. The molecule has 3 aromatic rings. The Labute approximate surface area is 153 Å². The van der Waals surface area contributed by atoms with E-state index in [0.717, 1.165) is 11.1 Å². The minimum Gasteiger partial charge on any atom is -0.292 e. The van der Waals surface area contributed by atoms with Crippen LogP contribution in [0.25, 0.3) is 22.6 Å². The SMILES string of the molecule is O=c1c2ccc(Cl)cc2nc2n1CC/C2=C\c1c(Cl)cccc1Cl. The van der Waals surface area contributed by atoms with Crippen LogP contribution in [0, 0.1) is 0 Å². The van der Waals surface area contributed by atoms with Gasteiger partial charge < -0.3 is 0 Å². The highest BCUT2D eigenvalue weighted by Gasteiger charge is 2.21. The van der Waals surface area contributed by atoms with E-state index >= 15 is 0 Å². The van der Waals surface area contributed by atoms with E-state index in [0.29, 0.717) is 44.8 Å². The number of allylic oxidation sites excluding steroid dienone is 1. The van der Waals surface area contributed by atoms with Gasteiger partial charge in [-0.15, -0.1) is 0 Å². The third-order valence-electron chi connectivity index (χ3n) is 4.13. The van der Waals surface area contributed by atoms with Crippen molar-refractivity contribution < 1.29 is 0 Å². The summed E-state index contributed by atoms with van der Waals surface area (Å²) < 4.78 is 1.69. The van der Waals surface area contributed by atoms with E-state index in [4.69, 9.17) is 34.8 Å². The van der Waals surface area contributed by atoms with Gasteiger partial charge in [0.25, 0.3) is 5.56 Å². The highest BCUT2D eigenvalue weighted by atomic mass is 35.5. The van der Waals surface area contributed by atoms with Crippen molar-refractivity contribution in [1.29, 1.82) is 0 Å². The highest BCUT2D eigenvalue weighted by molar-refractivity contribution is 6.37. The van der Waals surface area contributed by atoms with E-state index in [9.17, 15) is 4.79 Å². The normalized spacial score (nSPS) is 15.2. The van der Waals surface area contributed by atoms with Gasteiger partial charge in [0.2, 0.25) is 0 Å². The first-order valence-electron chi connectivity index (χ1n) is 7.39. The molecule has 6 heteroatoms. The van der Waals surface area contributed by atoms with E-state index in [2.05, 4.69) is 4.98 Å². The number of benzene rings is 2. The van der Waals surface area contributed by atoms with Crippen LogP contribution in [0.2, 0.25) is 15.1 Å². The Bertz CT molecular complexity index is 1050. The highest BCUT2D eigenvalue weighted by Crippen LogP contribution is 2.32. The third kappa shape index (κ3) is 2.53. The fourth-order valence-electron chi connectivity index (χ4n) is 2.95. The van der Waals surface area contributed by atoms with Gasteiger partial charge in [0.15, 0.2) is 0 Å². The first-order valence-corrected chi connectivity index (χ1v) is 8.53. The fraction of sp³-hybridized carbons (Fsp3) is 0.111. The molecule has 24 heavy (non-hydrogen) atoms. The largest absolute Gasteiger partial charge is 0.292 e. The van der Waals surface area contributed by atoms with E-state index < -0.39 is 0 Å². The van der Waals surface area contributed by atoms with Crippen molar-refractivity contribution in [2.24, 2.45) is 0 Å². The molecule has 0 N–H and O–H groups in total. The molecule has 4 rings (SSSR count). The van der Waals surface area contributed by atoms with Gasteiger partial charge >= 0.3 is 0 Å². The number of rotatable bonds is 1. The quantitative estimate of drug-likeness (QED) is 0.576. The lowest BCUT2D eigenvalue weighted by atomic mass is 10.1. The summed E-state index contributed by atoms with van der Waals surface area (Å²) in [4.78, 5) is 17.3. The van der Waals surface area contributed by atoms with Crippen molar-refractivity contribution in [2.45, 2.75) is 13.0 Å². The van der Waals surface area contributed by atoms with Crippen molar-refractivity contribution in [1.82, 2.24) is 9.55 Å². The topological polar surface area (TPSA) is 34.9 Å². The van der Waals surface area contributed by atoms with Crippen LogP contribution < -0.4 is 5.56 Å². The van der Waals surface area contributed by atoms with E-state index in [1.54, 1.807) is 41.0 Å². The van der Waals surface area contributed by atoms with Crippen molar-refractivity contribution >= 4 is 57.4 Å². The molecular formula is C18H11Cl3N2O. The Morgan fingerprint density at radius 2 is 1.83 bits per heavy atom. The molecule has 1 aliphatic rings. The maximum absolute atomic E-state index is 12.7. The van der Waals surface area contributed by atoms with Crippen molar-refractivity contribution in [3.8, 4) is 0 Å². The molecule has 120 valence electrons. The molecule has 0 spiro atoms. The first-order chi connectivity index (χ1) is 11.5. The minimum absolute atomic E-state index is 0.0553. The molecule has 0 aliphatic carbocycles. The number of hydrogen-bond acceptors (Lipinski definition) is 2. The summed E-state index contributed by atoms with van der Waals surface area (Å²) in [6.07, 6.45) is 2.61. The Kier molecular flexibility index (Phi) is 3.87. The maximum Gasteiger partial charge on any atom is 0.261 e. The average Bonchev–Trinajstić information content (AvgIpc) is 2.94. The Morgan fingerprint density at radius 1 is 1.08 bits per heavy atom. The van der Waals surface area contributed by atoms with Gasteiger partial charge in [-0.3, -0.25) is 9.36 Å². The second-order valence-electron chi connectivity index (χ2n) is 5.61. The lowest BCUT2D eigenvalue weighted by Gasteiger charge is -2.07. The molecule has 2 heterocycles. The van der Waals surface area contributed by atoms with Crippen LogP contribution in [0.4, 0.5) is 0 Å². The van der Waals surface area contributed by atoms with E-state index in [1.165, 1.54) is 0 Å². The monoisotopic (exact) mass is 376 g/mol. The number of nitrogens with zero attached hydrogens (tertiary/aromatic N) is 2. The molecule has 0 amide bonds. The van der Waals surface area contributed by atoms with Crippen LogP contribution in [0.1, 0.15) is 17.8 Å². The summed E-state index contributed by atoms with van der Waals surface area (Å²) in [5.74, 6) is 0.644. The molecule has 0 atom stereocenters. The summed E-state index contributed by atoms with van der Waals surface area (Å²) in [6, 6.07) is 10.5. The molecule has 1 aromatic heterocycles. The van der Waals surface area contributed by atoms with Crippen molar-refractivity contribution in [3.63, 3.8) is 0 Å². The minimum atomic E-state index is -0.0553. The molecular weight excluding hydrogens is 367 g/mol. The van der Waals surface area contributed by atoms with E-state index in [-0.39, 0.29) is 5.56 Å². The predicted octanol–water partition coefficient (Wildman–Crippen LogP) is 5.30. The zero-order valence-corrected chi connectivity index (χ0v) is 14.7. The molecule has 0 bridgehead atoms. The number of fused-ring (bicyclic) bond motifs is 2. The lowest BCUT2D eigenvalue weighted by Crippen LogP contribution is -2.20. The third-order valence-corrected chi connectivity index (χ3v) is 5.02. The summed E-state index contributed by atoms with van der Waals surface area (Å²) in [5, 5.41) is 2.26. The molecule has 3 nitrogen and oxygen atoms in total. The number of halogens is 3. The standard InChI is InChI=1S/C18H11Cl3N2O/c19-11-4-5-12-16(9-11)22-17-10(6-7-23(17)18(12)24)8-13-14(20)2-1-3-15(13)21/h1-5,8-9H,6-7H2/b10-8+. The van der Waals surface area contributed by atoms with Crippen LogP contribution in [0.5, 0.6) is 0 Å². The molecule has 0 saturated carbocycles. The Balaban J connectivity index is 1.95. The Hall–Kier alpha value is -1.81. The molecule has 0 unspecified atom stereocenters. The lowest BCUT2D eigenvalue weighted by molar-refractivity contribution is 0.725. The Morgan fingerprint density at radius 3 is 2.58 bits per heavy atom. The first kappa shape index (κ1) is 15.7. The van der Waals surface area contributed by atoms with Crippen LogP contribution >= 0.6 is 34.8 Å². The second kappa shape index (κ2) is 5.92. The van der Waals surface area contributed by atoms with Gasteiger partial charge in [0.1, 0.15) is 5.82 Å². The van der Waals surface area contributed by atoms with Crippen molar-refractivity contribution in [3.05, 3.63) is 73.2 Å². The smallest absolute Gasteiger partial charge is 0.261 e. The zero-order valence-electron chi connectivity index (χ0n) is 12.4. The molecule has 1 aliphatic heterocycles. The molecule has 0 radical (unpaired) electrons. The van der Waals surface area contributed by atoms with Crippen molar-refractivity contribution in [2.75, 3.05) is 0 Å². The van der Waals surface area contributed by atoms with Crippen LogP contribution in [0.15, 0.2) is 41.2 Å². The summed E-state index contributed by atoms with van der Waals surface area (Å²) in [6.45, 7) is 0.591. The van der Waals surface area contributed by atoms with Gasteiger partial charge in [0, 0.05) is 27.2 Å². The van der Waals surface area contributed by atoms with Crippen LogP contribution in [0.3, 0.4) is 0 Å². The molecule has 0 saturated heterocycles. The van der Waals surface area contributed by atoms with Crippen LogP contribution in [-0.4, -0.2) is 9.55 Å². The molecule has 0 fully saturated rings. The van der Waals surface area contributed by atoms with Gasteiger partial charge in [-0.05, 0) is 48.4 Å². The van der Waals surface area contributed by atoms with Crippen LogP contribution in [-0.2, 0) is 6.54 Å². The fourth-order valence-corrected chi connectivity index (χ4v) is 3.62. The summed E-state index contributed by atoms with van der Waals surface area (Å²) in [5.41, 5.74) is 2.21. The molecule has 2 aromatic carbocycles. The van der Waals surface area contributed by atoms with Gasteiger partial charge in [-0.1, -0.05) is 40.9 Å². The van der Waals surface area contributed by atoms with Gasteiger partial charge in [0.05, 0.1) is 10.9 Å². The summed E-state index contributed by atoms with van der Waals surface area (Å²) in [7, 11) is 0. The second-order valence-corrected chi connectivity index (χ2v) is 6.86. The zero-order chi connectivity index (χ0) is 16.8. The summed E-state index contributed by atoms with van der Waals surface area (Å²) >= 11 is 18.5. The van der Waals surface area contributed by atoms with Gasteiger partial charge in [-0.2, -0.15) is 0 Å². The predicted molar refractivity (Wildman–Crippen MR) is 100.0 cm³/mol. The van der Waals surface area contributed by atoms with E-state index in [1.807, 2.05) is 6.08 Å². The van der Waals surface area contributed by atoms with Gasteiger partial charge in [-0.25, -0.2) is 4.98 Å².